The van der Waals surface area contributed by atoms with E-state index in [4.69, 9.17) is 0 Å². The predicted molar refractivity (Wildman–Crippen MR) is 61.2 cm³/mol. The Labute approximate surface area is 102 Å². The zero-order valence-electron chi connectivity index (χ0n) is 9.10. The van der Waals surface area contributed by atoms with Crippen LogP contribution in [0.3, 0.4) is 0 Å². The second-order valence-electron chi connectivity index (χ2n) is 3.73. The number of pyridine rings is 1. The van der Waals surface area contributed by atoms with Gasteiger partial charge < -0.3 is 4.90 Å². The number of aromatic nitrogens is 1. The molecule has 6 heteroatoms. The van der Waals surface area contributed by atoms with Crippen LogP contribution >= 0.6 is 11.8 Å². The number of carbonyl (C=O) groups is 1. The number of halogens is 2. The number of likely N-dealkylation sites (tertiary alicyclic amines) is 1. The summed E-state index contributed by atoms with van der Waals surface area (Å²) in [7, 11) is 0. The Morgan fingerprint density at radius 2 is 2.12 bits per heavy atom. The van der Waals surface area contributed by atoms with E-state index in [1.165, 1.54) is 6.20 Å². The molecule has 0 N–H and O–H groups in total. The van der Waals surface area contributed by atoms with Crippen LogP contribution < -0.4 is 0 Å². The van der Waals surface area contributed by atoms with Crippen molar-refractivity contribution in [2.24, 2.45) is 0 Å². The highest BCUT2D eigenvalue weighted by atomic mass is 32.2. The maximum atomic E-state index is 12.3. The van der Waals surface area contributed by atoms with Gasteiger partial charge in [-0.25, -0.2) is 4.98 Å². The lowest BCUT2D eigenvalue weighted by Gasteiger charge is -2.16. The number of alkyl halides is 2. The average Bonchev–Trinajstić information content (AvgIpc) is 2.81. The molecular weight excluding hydrogens is 246 g/mol. The molecule has 2 rings (SSSR count). The number of thioether (sulfide) groups is 1. The Morgan fingerprint density at radius 3 is 2.76 bits per heavy atom. The van der Waals surface area contributed by atoms with Crippen molar-refractivity contribution in [3.8, 4) is 0 Å². The molecule has 17 heavy (non-hydrogen) atoms. The van der Waals surface area contributed by atoms with Crippen molar-refractivity contribution >= 4 is 17.7 Å². The molecule has 1 aliphatic heterocycles. The van der Waals surface area contributed by atoms with Gasteiger partial charge in [0.1, 0.15) is 5.03 Å². The first-order valence-corrected chi connectivity index (χ1v) is 6.25. The summed E-state index contributed by atoms with van der Waals surface area (Å²) in [6, 6.07) is 3.15. The van der Waals surface area contributed by atoms with Gasteiger partial charge in [0.25, 0.3) is 11.7 Å². The molecule has 1 aromatic rings. The number of nitrogens with zero attached hydrogens (tertiary/aromatic N) is 2. The zero-order valence-corrected chi connectivity index (χ0v) is 9.92. The lowest BCUT2D eigenvalue weighted by Crippen LogP contribution is -2.28. The largest absolute Gasteiger partial charge is 0.339 e. The first-order valence-electron chi connectivity index (χ1n) is 5.37. The average molecular weight is 258 g/mol. The molecule has 1 aromatic heterocycles. The van der Waals surface area contributed by atoms with Crippen molar-refractivity contribution in [2.75, 3.05) is 13.1 Å². The summed E-state index contributed by atoms with van der Waals surface area (Å²) in [4.78, 5) is 17.6. The van der Waals surface area contributed by atoms with Crippen molar-refractivity contribution in [1.29, 1.82) is 0 Å². The van der Waals surface area contributed by atoms with E-state index in [1.54, 1.807) is 17.0 Å². The van der Waals surface area contributed by atoms with Gasteiger partial charge in [0, 0.05) is 19.3 Å². The Morgan fingerprint density at radius 1 is 1.41 bits per heavy atom. The maximum Gasteiger partial charge on any atom is 0.290 e. The van der Waals surface area contributed by atoms with Gasteiger partial charge in [-0.1, -0.05) is 0 Å². The summed E-state index contributed by atoms with van der Waals surface area (Å²) in [5.41, 5.74) is 0.278. The standard InChI is InChI=1S/C11H12F2N2OS/c12-11(13)17-9-8(4-3-5-14-9)10(16)15-6-1-2-7-15/h3-5,11H,1-2,6-7H2. The smallest absolute Gasteiger partial charge is 0.290 e. The van der Waals surface area contributed by atoms with E-state index < -0.39 is 5.76 Å². The van der Waals surface area contributed by atoms with Crippen molar-refractivity contribution in [3.63, 3.8) is 0 Å². The van der Waals surface area contributed by atoms with E-state index in [1.807, 2.05) is 0 Å². The highest BCUT2D eigenvalue weighted by Crippen LogP contribution is 2.27. The fraction of sp³-hybridized carbons (Fsp3) is 0.455. The molecule has 3 nitrogen and oxygen atoms in total. The molecule has 0 unspecified atom stereocenters. The first-order chi connectivity index (χ1) is 8.18. The van der Waals surface area contributed by atoms with Gasteiger partial charge in [-0.3, -0.25) is 4.79 Å². The molecule has 2 heterocycles. The van der Waals surface area contributed by atoms with Gasteiger partial charge in [-0.05, 0) is 36.7 Å². The molecule has 0 saturated carbocycles. The van der Waals surface area contributed by atoms with Crippen molar-refractivity contribution in [3.05, 3.63) is 23.9 Å². The normalized spacial score (nSPS) is 15.6. The van der Waals surface area contributed by atoms with Crippen molar-refractivity contribution in [2.45, 2.75) is 23.6 Å². The maximum absolute atomic E-state index is 12.3. The Kier molecular flexibility index (Phi) is 3.93. The number of carbonyl (C=O) groups excluding carboxylic acids is 1. The quantitative estimate of drug-likeness (QED) is 0.781. The second-order valence-corrected chi connectivity index (χ2v) is 4.71. The molecule has 1 fully saturated rings. The summed E-state index contributed by atoms with van der Waals surface area (Å²) >= 11 is 0.320. The summed E-state index contributed by atoms with van der Waals surface area (Å²) in [5, 5.41) is 0.111. The highest BCUT2D eigenvalue weighted by molar-refractivity contribution is 7.99. The molecule has 92 valence electrons. The predicted octanol–water partition coefficient (Wildman–Crippen LogP) is 2.63. The molecule has 1 saturated heterocycles. The lowest BCUT2D eigenvalue weighted by atomic mass is 10.2. The fourth-order valence-corrected chi connectivity index (χ4v) is 2.40. The van der Waals surface area contributed by atoms with E-state index in [9.17, 15) is 13.6 Å². The van der Waals surface area contributed by atoms with Gasteiger partial charge in [-0.2, -0.15) is 8.78 Å². The number of hydrogen-bond acceptors (Lipinski definition) is 3. The topological polar surface area (TPSA) is 33.2 Å². The van der Waals surface area contributed by atoms with Crippen LogP contribution in [0.2, 0.25) is 0 Å². The molecule has 0 radical (unpaired) electrons. The SMILES string of the molecule is O=C(c1cccnc1SC(F)F)N1CCCC1. The molecule has 0 bridgehead atoms. The van der Waals surface area contributed by atoms with Crippen molar-refractivity contribution in [1.82, 2.24) is 9.88 Å². The van der Waals surface area contributed by atoms with Crippen LogP contribution in [-0.2, 0) is 0 Å². The third-order valence-electron chi connectivity index (χ3n) is 2.60. The van der Waals surface area contributed by atoms with Crippen LogP contribution in [0.1, 0.15) is 23.2 Å². The summed E-state index contributed by atoms with van der Waals surface area (Å²) in [6.45, 7) is 1.40. The minimum atomic E-state index is -2.56. The third-order valence-corrected chi connectivity index (χ3v) is 3.32. The molecule has 0 aromatic carbocycles. The first kappa shape index (κ1) is 12.3. The second kappa shape index (κ2) is 5.44. The third kappa shape index (κ3) is 2.94. The highest BCUT2D eigenvalue weighted by Gasteiger charge is 2.23. The van der Waals surface area contributed by atoms with E-state index >= 15 is 0 Å². The van der Waals surface area contributed by atoms with E-state index in [-0.39, 0.29) is 16.5 Å². The minimum absolute atomic E-state index is 0.111. The lowest BCUT2D eigenvalue weighted by molar-refractivity contribution is 0.0788. The summed E-state index contributed by atoms with van der Waals surface area (Å²) in [5.74, 6) is -2.76. The van der Waals surface area contributed by atoms with Gasteiger partial charge in [0.15, 0.2) is 0 Å². The van der Waals surface area contributed by atoms with E-state index in [2.05, 4.69) is 4.98 Å². The Bertz CT molecular complexity index is 408. The Balaban J connectivity index is 2.21. The fourth-order valence-electron chi connectivity index (χ4n) is 1.82. The summed E-state index contributed by atoms with van der Waals surface area (Å²) in [6.07, 6.45) is 3.37. The van der Waals surface area contributed by atoms with Crippen LogP contribution in [0, 0.1) is 0 Å². The number of rotatable bonds is 3. The van der Waals surface area contributed by atoms with Crippen LogP contribution in [0.4, 0.5) is 8.78 Å². The van der Waals surface area contributed by atoms with Crippen LogP contribution in [0.5, 0.6) is 0 Å². The van der Waals surface area contributed by atoms with Gasteiger partial charge in [0.05, 0.1) is 5.56 Å². The van der Waals surface area contributed by atoms with Crippen LogP contribution in [0.25, 0.3) is 0 Å². The van der Waals surface area contributed by atoms with Crippen LogP contribution in [-0.4, -0.2) is 34.6 Å². The number of hydrogen-bond donors (Lipinski definition) is 0. The van der Waals surface area contributed by atoms with Gasteiger partial charge >= 0.3 is 0 Å². The minimum Gasteiger partial charge on any atom is -0.339 e. The van der Waals surface area contributed by atoms with Crippen molar-refractivity contribution < 1.29 is 13.6 Å². The van der Waals surface area contributed by atoms with Gasteiger partial charge in [-0.15, -0.1) is 0 Å². The summed E-state index contributed by atoms with van der Waals surface area (Å²) < 4.78 is 24.7. The molecule has 0 atom stereocenters. The number of amides is 1. The molecule has 0 aliphatic carbocycles. The van der Waals surface area contributed by atoms with Crippen LogP contribution in [0.15, 0.2) is 23.4 Å². The zero-order chi connectivity index (χ0) is 12.3. The molecule has 1 aliphatic rings. The van der Waals surface area contributed by atoms with E-state index in [0.717, 1.165) is 12.8 Å². The molecule has 0 spiro atoms. The van der Waals surface area contributed by atoms with E-state index in [0.29, 0.717) is 24.9 Å². The Hall–Kier alpha value is -1.17. The molecule has 1 amide bonds. The van der Waals surface area contributed by atoms with Gasteiger partial charge in [0.2, 0.25) is 0 Å². The monoisotopic (exact) mass is 258 g/mol. The molecular formula is C11H12F2N2OS.